The SMILES string of the molecule is O=S(=O)(c1ccccc1F)N1CCC[C@@H]1c1nc2ccccc2[nH]1. The molecule has 1 fully saturated rings. The molecule has 0 aliphatic carbocycles. The Bertz CT molecular complexity index is 967. The highest BCUT2D eigenvalue weighted by atomic mass is 32.2. The zero-order valence-corrected chi connectivity index (χ0v) is 13.6. The summed E-state index contributed by atoms with van der Waals surface area (Å²) in [5, 5.41) is 0. The molecule has 0 amide bonds. The highest BCUT2D eigenvalue weighted by Gasteiger charge is 2.38. The first-order valence-electron chi connectivity index (χ1n) is 7.78. The van der Waals surface area contributed by atoms with Crippen LogP contribution in [0.2, 0.25) is 0 Å². The standard InChI is InChI=1S/C17H16FN3O2S/c18-12-6-1-4-10-16(12)24(22,23)21-11-5-9-15(21)17-19-13-7-2-3-8-14(13)20-17/h1-4,6-8,10,15H,5,9,11H2,(H,19,20)/t15-/m1/s1. The van der Waals surface area contributed by atoms with Crippen LogP contribution in [0.5, 0.6) is 0 Å². The van der Waals surface area contributed by atoms with E-state index in [0.29, 0.717) is 18.8 Å². The van der Waals surface area contributed by atoms with Crippen molar-refractivity contribution < 1.29 is 12.8 Å². The van der Waals surface area contributed by atoms with Crippen molar-refractivity contribution in [2.75, 3.05) is 6.54 Å². The number of fused-ring (bicyclic) bond motifs is 1. The maximum atomic E-state index is 14.0. The number of benzene rings is 2. The molecule has 4 rings (SSSR count). The minimum Gasteiger partial charge on any atom is -0.341 e. The number of aromatic nitrogens is 2. The lowest BCUT2D eigenvalue weighted by Gasteiger charge is -2.22. The Morgan fingerprint density at radius 1 is 1.12 bits per heavy atom. The fraction of sp³-hybridized carbons (Fsp3) is 0.235. The molecule has 7 heteroatoms. The molecule has 0 saturated carbocycles. The number of rotatable bonds is 3. The molecule has 2 heterocycles. The number of hydrogen-bond donors (Lipinski definition) is 1. The number of para-hydroxylation sites is 2. The Balaban J connectivity index is 1.76. The van der Waals surface area contributed by atoms with Gasteiger partial charge in [0.1, 0.15) is 16.5 Å². The van der Waals surface area contributed by atoms with Crippen LogP contribution in [0.1, 0.15) is 24.7 Å². The van der Waals surface area contributed by atoms with E-state index >= 15 is 0 Å². The smallest absolute Gasteiger partial charge is 0.246 e. The van der Waals surface area contributed by atoms with Gasteiger partial charge in [-0.25, -0.2) is 17.8 Å². The van der Waals surface area contributed by atoms with Gasteiger partial charge < -0.3 is 4.98 Å². The lowest BCUT2D eigenvalue weighted by atomic mass is 10.2. The van der Waals surface area contributed by atoms with Crippen LogP contribution in [0, 0.1) is 5.82 Å². The summed E-state index contributed by atoms with van der Waals surface area (Å²) >= 11 is 0. The van der Waals surface area contributed by atoms with Crippen LogP contribution in [0.15, 0.2) is 53.4 Å². The van der Waals surface area contributed by atoms with E-state index in [2.05, 4.69) is 9.97 Å². The molecule has 0 spiro atoms. The third kappa shape index (κ3) is 2.40. The monoisotopic (exact) mass is 345 g/mol. The van der Waals surface area contributed by atoms with Crippen molar-refractivity contribution in [2.45, 2.75) is 23.8 Å². The van der Waals surface area contributed by atoms with Crippen molar-refractivity contribution in [1.82, 2.24) is 14.3 Å². The summed E-state index contributed by atoms with van der Waals surface area (Å²) in [6.07, 6.45) is 1.38. The Hall–Kier alpha value is -2.25. The van der Waals surface area contributed by atoms with Crippen molar-refractivity contribution in [2.24, 2.45) is 0 Å². The molecule has 1 aliphatic heterocycles. The van der Waals surface area contributed by atoms with Gasteiger partial charge in [0, 0.05) is 6.54 Å². The molecule has 1 saturated heterocycles. The highest BCUT2D eigenvalue weighted by Crippen LogP contribution is 2.36. The van der Waals surface area contributed by atoms with Crippen LogP contribution in [0.4, 0.5) is 4.39 Å². The van der Waals surface area contributed by atoms with Gasteiger partial charge in [0.25, 0.3) is 0 Å². The van der Waals surface area contributed by atoms with Crippen molar-refractivity contribution >= 4 is 21.1 Å². The quantitative estimate of drug-likeness (QED) is 0.792. The number of sulfonamides is 1. The molecule has 1 N–H and O–H groups in total. The average Bonchev–Trinajstić information content (AvgIpc) is 3.21. The summed E-state index contributed by atoms with van der Waals surface area (Å²) in [4.78, 5) is 7.43. The van der Waals surface area contributed by atoms with Gasteiger partial charge in [-0.2, -0.15) is 4.31 Å². The van der Waals surface area contributed by atoms with Crippen LogP contribution >= 0.6 is 0 Å². The summed E-state index contributed by atoms with van der Waals surface area (Å²) in [7, 11) is -3.91. The first-order chi connectivity index (χ1) is 11.6. The molecule has 0 radical (unpaired) electrons. The molecule has 1 atom stereocenters. The predicted molar refractivity (Wildman–Crippen MR) is 88.4 cm³/mol. The number of H-pyrrole nitrogens is 1. The molecule has 0 unspecified atom stereocenters. The maximum Gasteiger partial charge on any atom is 0.246 e. The van der Waals surface area contributed by atoms with E-state index in [1.54, 1.807) is 0 Å². The van der Waals surface area contributed by atoms with Crippen molar-refractivity contribution in [3.63, 3.8) is 0 Å². The Labute approximate surface area is 139 Å². The first-order valence-corrected chi connectivity index (χ1v) is 9.22. The summed E-state index contributed by atoms with van der Waals surface area (Å²) in [6.45, 7) is 0.360. The number of halogens is 1. The van der Waals surface area contributed by atoms with Crippen LogP contribution in [0.25, 0.3) is 11.0 Å². The molecule has 1 aromatic heterocycles. The maximum absolute atomic E-state index is 14.0. The van der Waals surface area contributed by atoms with Crippen molar-refractivity contribution in [1.29, 1.82) is 0 Å². The highest BCUT2D eigenvalue weighted by molar-refractivity contribution is 7.89. The van der Waals surface area contributed by atoms with Gasteiger partial charge in [-0.3, -0.25) is 0 Å². The van der Waals surface area contributed by atoms with Crippen LogP contribution in [0.3, 0.4) is 0 Å². The molecule has 5 nitrogen and oxygen atoms in total. The number of nitrogens with one attached hydrogen (secondary N) is 1. The fourth-order valence-corrected chi connectivity index (χ4v) is 4.94. The lowest BCUT2D eigenvalue weighted by Crippen LogP contribution is -2.31. The number of aromatic amines is 1. The number of hydrogen-bond acceptors (Lipinski definition) is 3. The summed E-state index contributed by atoms with van der Waals surface area (Å²) < 4.78 is 41.2. The van der Waals surface area contributed by atoms with Gasteiger partial charge in [-0.05, 0) is 37.1 Å². The van der Waals surface area contributed by atoms with E-state index in [1.165, 1.54) is 28.6 Å². The molecule has 0 bridgehead atoms. The third-order valence-corrected chi connectivity index (χ3v) is 6.29. The van der Waals surface area contributed by atoms with Crippen LogP contribution in [-0.4, -0.2) is 29.2 Å². The minimum atomic E-state index is -3.91. The summed E-state index contributed by atoms with van der Waals surface area (Å²) in [5.74, 6) is -0.124. The zero-order chi connectivity index (χ0) is 16.7. The van der Waals surface area contributed by atoms with E-state index in [-0.39, 0.29) is 4.90 Å². The fourth-order valence-electron chi connectivity index (χ4n) is 3.21. The first kappa shape index (κ1) is 15.3. The second kappa shape index (κ2) is 5.68. The zero-order valence-electron chi connectivity index (χ0n) is 12.8. The van der Waals surface area contributed by atoms with Gasteiger partial charge in [0.2, 0.25) is 10.0 Å². The predicted octanol–water partition coefficient (Wildman–Crippen LogP) is 3.23. The summed E-state index contributed by atoms with van der Waals surface area (Å²) in [6, 6.07) is 12.6. The third-order valence-electron chi connectivity index (χ3n) is 4.35. The molecule has 124 valence electrons. The van der Waals surface area contributed by atoms with E-state index in [4.69, 9.17) is 0 Å². The molecule has 3 aromatic rings. The van der Waals surface area contributed by atoms with Gasteiger partial charge >= 0.3 is 0 Å². The summed E-state index contributed by atoms with van der Waals surface area (Å²) in [5.41, 5.74) is 1.66. The van der Waals surface area contributed by atoms with Gasteiger partial charge in [-0.1, -0.05) is 24.3 Å². The number of imidazole rings is 1. The number of nitrogens with zero attached hydrogens (tertiary/aromatic N) is 2. The lowest BCUT2D eigenvalue weighted by molar-refractivity contribution is 0.383. The Morgan fingerprint density at radius 2 is 1.88 bits per heavy atom. The van der Waals surface area contributed by atoms with Gasteiger partial charge in [-0.15, -0.1) is 0 Å². The molecule has 2 aromatic carbocycles. The molecule has 1 aliphatic rings. The molecular formula is C17H16FN3O2S. The van der Waals surface area contributed by atoms with Crippen molar-refractivity contribution in [3.05, 3.63) is 60.2 Å². The van der Waals surface area contributed by atoms with E-state index in [1.807, 2.05) is 24.3 Å². The van der Waals surface area contributed by atoms with E-state index < -0.39 is 21.9 Å². The topological polar surface area (TPSA) is 66.1 Å². The molecule has 24 heavy (non-hydrogen) atoms. The van der Waals surface area contributed by atoms with Crippen LogP contribution in [-0.2, 0) is 10.0 Å². The normalized spacial score (nSPS) is 19.1. The average molecular weight is 345 g/mol. The van der Waals surface area contributed by atoms with Crippen LogP contribution < -0.4 is 0 Å². The van der Waals surface area contributed by atoms with Crippen molar-refractivity contribution in [3.8, 4) is 0 Å². The minimum absolute atomic E-state index is 0.284. The second-order valence-electron chi connectivity index (χ2n) is 5.84. The van der Waals surface area contributed by atoms with E-state index in [0.717, 1.165) is 17.5 Å². The largest absolute Gasteiger partial charge is 0.341 e. The van der Waals surface area contributed by atoms with Gasteiger partial charge in [0.15, 0.2) is 0 Å². The second-order valence-corrected chi connectivity index (χ2v) is 7.70. The Kier molecular flexibility index (Phi) is 3.62. The van der Waals surface area contributed by atoms with E-state index in [9.17, 15) is 12.8 Å². The van der Waals surface area contributed by atoms with Gasteiger partial charge in [0.05, 0.1) is 17.1 Å². The molecular weight excluding hydrogens is 329 g/mol. The Morgan fingerprint density at radius 3 is 2.67 bits per heavy atom.